The Kier molecular flexibility index (Phi) is 5.49. The van der Waals surface area contributed by atoms with E-state index in [9.17, 15) is 9.59 Å². The molecular formula is C23H23ClN2O2. The zero-order valence-corrected chi connectivity index (χ0v) is 16.4. The van der Waals surface area contributed by atoms with Gasteiger partial charge in [0.1, 0.15) is 0 Å². The second-order valence-corrected chi connectivity index (χ2v) is 7.82. The van der Waals surface area contributed by atoms with Gasteiger partial charge >= 0.3 is 0 Å². The lowest BCUT2D eigenvalue weighted by Crippen LogP contribution is -2.40. The van der Waals surface area contributed by atoms with E-state index in [2.05, 4.69) is 17.5 Å². The van der Waals surface area contributed by atoms with Gasteiger partial charge in [-0.2, -0.15) is 0 Å². The predicted octanol–water partition coefficient (Wildman–Crippen LogP) is 4.83. The number of amides is 2. The molecule has 1 atom stereocenters. The summed E-state index contributed by atoms with van der Waals surface area (Å²) in [6, 6.07) is 12.9. The zero-order valence-electron chi connectivity index (χ0n) is 15.7. The first-order valence-electron chi connectivity index (χ1n) is 9.73. The van der Waals surface area contributed by atoms with E-state index in [0.29, 0.717) is 17.1 Å². The third-order valence-corrected chi connectivity index (χ3v) is 5.85. The first-order chi connectivity index (χ1) is 13.6. The van der Waals surface area contributed by atoms with Crippen LogP contribution in [0.25, 0.3) is 0 Å². The fourth-order valence-electron chi connectivity index (χ4n) is 3.94. The molecule has 0 saturated heterocycles. The van der Waals surface area contributed by atoms with Gasteiger partial charge in [0.05, 0.1) is 10.6 Å². The lowest BCUT2D eigenvalue weighted by Gasteiger charge is -2.32. The first-order valence-corrected chi connectivity index (χ1v) is 10.1. The molecule has 0 spiro atoms. The van der Waals surface area contributed by atoms with Crippen LogP contribution in [0.1, 0.15) is 40.7 Å². The number of allylic oxidation sites excluding steroid dienone is 2. The van der Waals surface area contributed by atoms with Crippen LogP contribution in [0.2, 0.25) is 5.02 Å². The number of fused-ring (bicyclic) bond motifs is 1. The lowest BCUT2D eigenvalue weighted by molar-refractivity contribution is -0.136. The number of hydrogen-bond acceptors (Lipinski definition) is 2. The fourth-order valence-corrected chi connectivity index (χ4v) is 4.16. The molecule has 4 rings (SSSR count). The van der Waals surface area contributed by atoms with Crippen molar-refractivity contribution in [3.8, 4) is 0 Å². The van der Waals surface area contributed by atoms with E-state index in [0.717, 1.165) is 43.5 Å². The SMILES string of the molecule is O=C(Nc1ccc2c(c1)CN(C(=O)[C@H]1CC=CCC1)CC2)c1ccccc1Cl. The number of rotatable bonds is 3. The Hall–Kier alpha value is -2.59. The second kappa shape index (κ2) is 8.19. The van der Waals surface area contributed by atoms with Crippen molar-refractivity contribution in [3.63, 3.8) is 0 Å². The van der Waals surface area contributed by atoms with E-state index in [1.807, 2.05) is 23.1 Å². The molecule has 0 unspecified atom stereocenters. The lowest BCUT2D eigenvalue weighted by atomic mass is 9.91. The minimum Gasteiger partial charge on any atom is -0.338 e. The van der Waals surface area contributed by atoms with Crippen molar-refractivity contribution in [1.82, 2.24) is 4.90 Å². The topological polar surface area (TPSA) is 49.4 Å². The molecule has 0 bridgehead atoms. The second-order valence-electron chi connectivity index (χ2n) is 7.41. The van der Waals surface area contributed by atoms with Crippen molar-refractivity contribution in [2.75, 3.05) is 11.9 Å². The normalized spacial score (nSPS) is 18.5. The van der Waals surface area contributed by atoms with Crippen molar-refractivity contribution >= 4 is 29.1 Å². The zero-order chi connectivity index (χ0) is 19.5. The van der Waals surface area contributed by atoms with Gasteiger partial charge < -0.3 is 10.2 Å². The molecule has 2 aromatic rings. The van der Waals surface area contributed by atoms with Gasteiger partial charge in [0.25, 0.3) is 5.91 Å². The number of benzene rings is 2. The fraction of sp³-hybridized carbons (Fsp3) is 0.304. The summed E-state index contributed by atoms with van der Waals surface area (Å²) < 4.78 is 0. The Morgan fingerprint density at radius 2 is 1.93 bits per heavy atom. The van der Waals surface area contributed by atoms with Crippen molar-refractivity contribution in [2.24, 2.45) is 5.92 Å². The standard InChI is InChI=1S/C23H23ClN2O2/c24-21-9-5-4-8-20(21)22(27)25-19-11-10-16-12-13-26(15-18(16)14-19)23(28)17-6-2-1-3-7-17/h1-2,4-5,8-11,14,17H,3,6-7,12-13,15H2,(H,25,27)/t17-/m0/s1. The maximum Gasteiger partial charge on any atom is 0.257 e. The van der Waals surface area contributed by atoms with Crippen LogP contribution in [-0.2, 0) is 17.8 Å². The van der Waals surface area contributed by atoms with Gasteiger partial charge in [0.15, 0.2) is 0 Å². The van der Waals surface area contributed by atoms with Gasteiger partial charge in [-0.15, -0.1) is 0 Å². The van der Waals surface area contributed by atoms with Crippen molar-refractivity contribution in [3.05, 3.63) is 76.3 Å². The molecule has 1 aliphatic carbocycles. The monoisotopic (exact) mass is 394 g/mol. The maximum atomic E-state index is 12.9. The molecule has 2 aromatic carbocycles. The number of nitrogens with one attached hydrogen (secondary N) is 1. The highest BCUT2D eigenvalue weighted by Crippen LogP contribution is 2.27. The summed E-state index contributed by atoms with van der Waals surface area (Å²) in [5.41, 5.74) is 3.51. The molecule has 4 nitrogen and oxygen atoms in total. The smallest absolute Gasteiger partial charge is 0.257 e. The van der Waals surface area contributed by atoms with E-state index >= 15 is 0 Å². The van der Waals surface area contributed by atoms with E-state index in [1.165, 1.54) is 5.56 Å². The van der Waals surface area contributed by atoms with Crippen LogP contribution in [0.15, 0.2) is 54.6 Å². The quantitative estimate of drug-likeness (QED) is 0.758. The summed E-state index contributed by atoms with van der Waals surface area (Å²) in [7, 11) is 0. The van der Waals surface area contributed by atoms with Crippen LogP contribution >= 0.6 is 11.6 Å². The van der Waals surface area contributed by atoms with Crippen LogP contribution < -0.4 is 5.32 Å². The molecule has 0 aromatic heterocycles. The number of nitrogens with zero attached hydrogens (tertiary/aromatic N) is 1. The highest BCUT2D eigenvalue weighted by molar-refractivity contribution is 6.34. The number of carbonyl (C=O) groups excluding carboxylic acids is 2. The Bertz CT molecular complexity index is 938. The molecule has 1 aliphatic heterocycles. The van der Waals surface area contributed by atoms with Crippen molar-refractivity contribution in [1.29, 1.82) is 0 Å². The molecule has 28 heavy (non-hydrogen) atoms. The molecule has 144 valence electrons. The van der Waals surface area contributed by atoms with Gasteiger partial charge in [-0.1, -0.05) is 42.0 Å². The molecular weight excluding hydrogens is 372 g/mol. The number of halogens is 1. The minimum atomic E-state index is -0.233. The first kappa shape index (κ1) is 18.8. The third kappa shape index (κ3) is 3.97. The Morgan fingerprint density at radius 3 is 2.71 bits per heavy atom. The number of carbonyl (C=O) groups is 2. The van der Waals surface area contributed by atoms with E-state index in [1.54, 1.807) is 24.3 Å². The highest BCUT2D eigenvalue weighted by Gasteiger charge is 2.27. The average Bonchev–Trinajstić information content (AvgIpc) is 2.73. The number of anilines is 1. The van der Waals surface area contributed by atoms with Gasteiger partial charge in [-0.3, -0.25) is 9.59 Å². The molecule has 1 N–H and O–H groups in total. The molecule has 2 amide bonds. The van der Waals surface area contributed by atoms with Crippen LogP contribution in [-0.4, -0.2) is 23.3 Å². The summed E-state index contributed by atoms with van der Waals surface area (Å²) >= 11 is 6.12. The van der Waals surface area contributed by atoms with Crippen molar-refractivity contribution < 1.29 is 9.59 Å². The van der Waals surface area contributed by atoms with Gasteiger partial charge in [0, 0.05) is 24.7 Å². The maximum absolute atomic E-state index is 12.9. The van der Waals surface area contributed by atoms with Crippen LogP contribution in [0.5, 0.6) is 0 Å². The largest absolute Gasteiger partial charge is 0.338 e. The van der Waals surface area contributed by atoms with E-state index < -0.39 is 0 Å². The van der Waals surface area contributed by atoms with Gasteiger partial charge in [0.2, 0.25) is 5.91 Å². The van der Waals surface area contributed by atoms with Crippen LogP contribution in [0.4, 0.5) is 5.69 Å². The molecule has 1 heterocycles. The summed E-state index contributed by atoms with van der Waals surface area (Å²) in [6.07, 6.45) is 7.89. The van der Waals surface area contributed by atoms with Crippen LogP contribution in [0, 0.1) is 5.92 Å². The van der Waals surface area contributed by atoms with Crippen molar-refractivity contribution in [2.45, 2.75) is 32.2 Å². The summed E-state index contributed by atoms with van der Waals surface area (Å²) in [5.74, 6) is 0.124. The highest BCUT2D eigenvalue weighted by atomic mass is 35.5. The van der Waals surface area contributed by atoms with E-state index in [-0.39, 0.29) is 17.7 Å². The Morgan fingerprint density at radius 1 is 1.07 bits per heavy atom. The molecule has 0 fully saturated rings. The third-order valence-electron chi connectivity index (χ3n) is 5.52. The molecule has 0 saturated carbocycles. The summed E-state index contributed by atoms with van der Waals surface area (Å²) in [6.45, 7) is 1.36. The molecule has 0 radical (unpaired) electrons. The number of hydrogen-bond donors (Lipinski definition) is 1. The Labute approximate surface area is 170 Å². The predicted molar refractivity (Wildman–Crippen MR) is 111 cm³/mol. The summed E-state index contributed by atoms with van der Waals surface area (Å²) in [5, 5.41) is 3.35. The van der Waals surface area contributed by atoms with Crippen LogP contribution in [0.3, 0.4) is 0 Å². The molecule has 5 heteroatoms. The molecule has 2 aliphatic rings. The summed E-state index contributed by atoms with van der Waals surface area (Å²) in [4.78, 5) is 27.3. The minimum absolute atomic E-state index is 0.106. The average molecular weight is 395 g/mol. The van der Waals surface area contributed by atoms with E-state index in [4.69, 9.17) is 11.6 Å². The Balaban J connectivity index is 1.47. The van der Waals surface area contributed by atoms with Gasteiger partial charge in [-0.25, -0.2) is 0 Å². The van der Waals surface area contributed by atoms with Gasteiger partial charge in [-0.05, 0) is 61.1 Å².